The van der Waals surface area contributed by atoms with E-state index in [0.717, 1.165) is 6.42 Å². The molecular formula is C14H28O4S. The number of ether oxygens (including phenoxy) is 1. The van der Waals surface area contributed by atoms with Gasteiger partial charge in [0.1, 0.15) is 0 Å². The van der Waals surface area contributed by atoms with Gasteiger partial charge in [-0.05, 0) is 31.1 Å². The second kappa shape index (κ2) is 9.61. The van der Waals surface area contributed by atoms with Crippen molar-refractivity contribution in [1.82, 2.24) is 0 Å². The summed E-state index contributed by atoms with van der Waals surface area (Å²) in [5, 5.41) is 18.9. The Morgan fingerprint density at radius 1 is 1.32 bits per heavy atom. The standard InChI is InChI=1S/C14H28O4S/c1-5-12(15)13(18-4)10(3)9(2)6-7-11(8-19)14(16)17/h9-13,15,19H,5-8H2,1-4H3,(H,16,17). The molecule has 0 saturated carbocycles. The van der Waals surface area contributed by atoms with Crippen LogP contribution in [-0.4, -0.2) is 41.3 Å². The summed E-state index contributed by atoms with van der Waals surface area (Å²) in [6.07, 6.45) is 1.41. The smallest absolute Gasteiger partial charge is 0.307 e. The lowest BCUT2D eigenvalue weighted by molar-refractivity contribution is -0.141. The van der Waals surface area contributed by atoms with E-state index in [0.29, 0.717) is 24.5 Å². The van der Waals surface area contributed by atoms with E-state index in [1.54, 1.807) is 7.11 Å². The molecule has 0 aromatic heterocycles. The number of rotatable bonds is 10. The van der Waals surface area contributed by atoms with Crippen LogP contribution in [0.4, 0.5) is 0 Å². The van der Waals surface area contributed by atoms with Gasteiger partial charge in [0.2, 0.25) is 0 Å². The third-order valence-corrected chi connectivity index (χ3v) is 4.47. The van der Waals surface area contributed by atoms with Crippen LogP contribution in [0.5, 0.6) is 0 Å². The Bertz CT molecular complexity index is 260. The van der Waals surface area contributed by atoms with E-state index in [4.69, 9.17) is 9.84 Å². The van der Waals surface area contributed by atoms with Crippen molar-refractivity contribution in [1.29, 1.82) is 0 Å². The van der Waals surface area contributed by atoms with Crippen LogP contribution in [0.2, 0.25) is 0 Å². The maximum Gasteiger partial charge on any atom is 0.307 e. The topological polar surface area (TPSA) is 66.8 Å². The summed E-state index contributed by atoms with van der Waals surface area (Å²) < 4.78 is 5.39. The molecule has 0 heterocycles. The predicted octanol–water partition coefficient (Wildman–Crippen LogP) is 2.46. The Morgan fingerprint density at radius 3 is 2.26 bits per heavy atom. The molecule has 0 radical (unpaired) electrons. The molecule has 0 rings (SSSR count). The highest BCUT2D eigenvalue weighted by Crippen LogP contribution is 2.26. The fraction of sp³-hybridized carbons (Fsp3) is 0.929. The molecule has 4 nitrogen and oxygen atoms in total. The SMILES string of the molecule is CCC(O)C(OC)C(C)C(C)CCC(CS)C(=O)O. The number of aliphatic hydroxyl groups excluding tert-OH is 1. The van der Waals surface area contributed by atoms with Crippen LogP contribution in [0.15, 0.2) is 0 Å². The first-order valence-electron chi connectivity index (χ1n) is 6.93. The molecule has 5 atom stereocenters. The number of carbonyl (C=O) groups is 1. The predicted molar refractivity (Wildman–Crippen MR) is 79.6 cm³/mol. The molecule has 0 aromatic rings. The number of hydrogen-bond donors (Lipinski definition) is 3. The third kappa shape index (κ3) is 6.15. The second-order valence-electron chi connectivity index (χ2n) is 5.31. The molecule has 0 spiro atoms. The molecule has 0 aliphatic carbocycles. The Hall–Kier alpha value is -0.260. The monoisotopic (exact) mass is 292 g/mol. The number of carboxylic acid groups (broad SMARTS) is 1. The van der Waals surface area contributed by atoms with Gasteiger partial charge >= 0.3 is 5.97 Å². The van der Waals surface area contributed by atoms with Crippen LogP contribution in [0.1, 0.15) is 40.0 Å². The van der Waals surface area contributed by atoms with Gasteiger partial charge in [0.25, 0.3) is 0 Å². The normalized spacial score (nSPS) is 19.5. The van der Waals surface area contributed by atoms with Gasteiger partial charge in [-0.2, -0.15) is 12.6 Å². The third-order valence-electron chi connectivity index (χ3n) is 4.03. The fourth-order valence-electron chi connectivity index (χ4n) is 2.30. The fourth-order valence-corrected chi connectivity index (χ4v) is 2.64. The molecule has 0 aromatic carbocycles. The van der Waals surface area contributed by atoms with Gasteiger partial charge in [0.15, 0.2) is 0 Å². The lowest BCUT2D eigenvalue weighted by atomic mass is 9.83. The first kappa shape index (κ1) is 18.7. The zero-order valence-electron chi connectivity index (χ0n) is 12.4. The largest absolute Gasteiger partial charge is 0.481 e. The minimum atomic E-state index is -0.785. The number of methoxy groups -OCH3 is 1. The highest BCUT2D eigenvalue weighted by atomic mass is 32.1. The Balaban J connectivity index is 4.39. The lowest BCUT2D eigenvalue weighted by Crippen LogP contribution is -2.36. The second-order valence-corrected chi connectivity index (χ2v) is 5.67. The van der Waals surface area contributed by atoms with Gasteiger partial charge in [-0.25, -0.2) is 0 Å². The van der Waals surface area contributed by atoms with E-state index in [9.17, 15) is 9.90 Å². The highest BCUT2D eigenvalue weighted by molar-refractivity contribution is 7.80. The van der Waals surface area contributed by atoms with Gasteiger partial charge in [0.05, 0.1) is 18.1 Å². The summed E-state index contributed by atoms with van der Waals surface area (Å²) in [5.41, 5.74) is 0. The number of carboxylic acids is 1. The average Bonchev–Trinajstić information content (AvgIpc) is 2.38. The van der Waals surface area contributed by atoms with Crippen LogP contribution >= 0.6 is 12.6 Å². The molecular weight excluding hydrogens is 264 g/mol. The van der Waals surface area contributed by atoms with Crippen LogP contribution in [-0.2, 0) is 9.53 Å². The van der Waals surface area contributed by atoms with E-state index in [1.807, 2.05) is 13.8 Å². The van der Waals surface area contributed by atoms with E-state index in [-0.39, 0.29) is 12.0 Å². The van der Waals surface area contributed by atoms with E-state index in [1.165, 1.54) is 0 Å². The van der Waals surface area contributed by atoms with Gasteiger partial charge in [0, 0.05) is 12.9 Å². The molecule has 5 heteroatoms. The number of thiol groups is 1. The molecule has 0 aliphatic rings. The Labute approximate surface area is 122 Å². The average molecular weight is 292 g/mol. The highest BCUT2D eigenvalue weighted by Gasteiger charge is 2.28. The van der Waals surface area contributed by atoms with Crippen molar-refractivity contribution in [3.05, 3.63) is 0 Å². The van der Waals surface area contributed by atoms with Gasteiger partial charge in [-0.15, -0.1) is 0 Å². The zero-order valence-corrected chi connectivity index (χ0v) is 13.3. The quantitative estimate of drug-likeness (QED) is 0.541. The number of aliphatic hydroxyl groups is 1. The molecule has 0 fully saturated rings. The Kier molecular flexibility index (Phi) is 9.48. The molecule has 114 valence electrons. The minimum absolute atomic E-state index is 0.189. The van der Waals surface area contributed by atoms with Crippen LogP contribution in [0.3, 0.4) is 0 Å². The summed E-state index contributed by atoms with van der Waals surface area (Å²) in [7, 11) is 1.61. The van der Waals surface area contributed by atoms with Crippen molar-refractivity contribution in [2.24, 2.45) is 17.8 Å². The van der Waals surface area contributed by atoms with Crippen molar-refractivity contribution in [2.75, 3.05) is 12.9 Å². The number of aliphatic carboxylic acids is 1. The van der Waals surface area contributed by atoms with Crippen LogP contribution < -0.4 is 0 Å². The molecule has 2 N–H and O–H groups in total. The summed E-state index contributed by atoms with van der Waals surface area (Å²) in [6.45, 7) is 6.06. The van der Waals surface area contributed by atoms with Crippen molar-refractivity contribution in [2.45, 2.75) is 52.2 Å². The van der Waals surface area contributed by atoms with Crippen molar-refractivity contribution in [3.8, 4) is 0 Å². The maximum atomic E-state index is 10.9. The Morgan fingerprint density at radius 2 is 1.89 bits per heavy atom. The van der Waals surface area contributed by atoms with Gasteiger partial charge < -0.3 is 14.9 Å². The summed E-state index contributed by atoms with van der Waals surface area (Å²) in [5.74, 6) is -0.328. The summed E-state index contributed by atoms with van der Waals surface area (Å²) >= 11 is 4.07. The molecule has 0 aliphatic heterocycles. The van der Waals surface area contributed by atoms with Crippen molar-refractivity contribution < 1.29 is 19.7 Å². The molecule has 5 unspecified atom stereocenters. The van der Waals surface area contributed by atoms with E-state index >= 15 is 0 Å². The number of hydrogen-bond acceptors (Lipinski definition) is 4. The van der Waals surface area contributed by atoms with E-state index in [2.05, 4.69) is 19.6 Å². The van der Waals surface area contributed by atoms with Crippen LogP contribution in [0.25, 0.3) is 0 Å². The first-order valence-corrected chi connectivity index (χ1v) is 7.56. The summed E-state index contributed by atoms with van der Waals surface area (Å²) in [6, 6.07) is 0. The van der Waals surface area contributed by atoms with Crippen LogP contribution in [0, 0.1) is 17.8 Å². The maximum absolute atomic E-state index is 10.9. The first-order chi connectivity index (χ1) is 8.88. The minimum Gasteiger partial charge on any atom is -0.481 e. The summed E-state index contributed by atoms with van der Waals surface area (Å²) in [4.78, 5) is 10.9. The zero-order chi connectivity index (χ0) is 15.0. The van der Waals surface area contributed by atoms with Crippen molar-refractivity contribution >= 4 is 18.6 Å². The molecule has 0 saturated heterocycles. The molecule has 19 heavy (non-hydrogen) atoms. The lowest BCUT2D eigenvalue weighted by Gasteiger charge is -2.31. The van der Waals surface area contributed by atoms with Gasteiger partial charge in [-0.3, -0.25) is 4.79 Å². The van der Waals surface area contributed by atoms with E-state index < -0.39 is 18.0 Å². The van der Waals surface area contributed by atoms with Crippen molar-refractivity contribution in [3.63, 3.8) is 0 Å². The molecule has 0 amide bonds. The molecule has 0 bridgehead atoms. The van der Waals surface area contributed by atoms with Gasteiger partial charge in [-0.1, -0.05) is 20.8 Å².